The largest absolute Gasteiger partial charge is 0.344 e. The summed E-state index contributed by atoms with van der Waals surface area (Å²) in [6.07, 6.45) is 0.600. The number of carbonyl (C=O) groups excluding carboxylic acids is 1. The van der Waals surface area contributed by atoms with E-state index in [-0.39, 0.29) is 29.1 Å². The molecule has 0 saturated carbocycles. The lowest BCUT2D eigenvalue weighted by atomic mass is 10.2. The molecule has 1 unspecified atom stereocenters. The van der Waals surface area contributed by atoms with Crippen LogP contribution in [0.25, 0.3) is 0 Å². The Morgan fingerprint density at radius 2 is 1.90 bits per heavy atom. The van der Waals surface area contributed by atoms with Gasteiger partial charge in [0.2, 0.25) is 0 Å². The third-order valence-corrected chi connectivity index (χ3v) is 8.49. The van der Waals surface area contributed by atoms with Crippen LogP contribution in [-0.4, -0.2) is 50.8 Å². The van der Waals surface area contributed by atoms with Crippen molar-refractivity contribution in [3.05, 3.63) is 64.7 Å². The van der Waals surface area contributed by atoms with Crippen LogP contribution in [0.3, 0.4) is 0 Å². The van der Waals surface area contributed by atoms with E-state index in [1.807, 2.05) is 54.2 Å². The van der Waals surface area contributed by atoms with Crippen molar-refractivity contribution in [2.24, 2.45) is 0 Å². The van der Waals surface area contributed by atoms with E-state index in [1.165, 1.54) is 11.8 Å². The highest BCUT2D eigenvalue weighted by Crippen LogP contribution is 2.30. The first-order valence-electron chi connectivity index (χ1n) is 10.2. The first-order chi connectivity index (χ1) is 14.7. The third-order valence-electron chi connectivity index (χ3n) is 5.78. The average Bonchev–Trinajstić information content (AvgIpc) is 3.36. The number of ketones is 1. The number of carbonyl (C=O) groups is 1. The number of Topliss-reactive ketones (excluding diaryl/α,β-unsaturated/α-hetero) is 1. The summed E-state index contributed by atoms with van der Waals surface area (Å²) in [6, 6.07) is 11.9. The van der Waals surface area contributed by atoms with E-state index < -0.39 is 9.84 Å². The Hall–Kier alpha value is -2.39. The van der Waals surface area contributed by atoms with Crippen LogP contribution >= 0.6 is 11.8 Å². The highest BCUT2D eigenvalue weighted by atomic mass is 32.2. The Labute approximate surface area is 186 Å². The molecule has 7 nitrogen and oxygen atoms in total. The van der Waals surface area contributed by atoms with Crippen molar-refractivity contribution in [1.29, 1.82) is 0 Å². The summed E-state index contributed by atoms with van der Waals surface area (Å²) in [5.74, 6) is 1.43. The first-order valence-corrected chi connectivity index (χ1v) is 13.0. The van der Waals surface area contributed by atoms with Gasteiger partial charge in [-0.1, -0.05) is 42.1 Å². The molecule has 1 atom stereocenters. The van der Waals surface area contributed by atoms with Crippen LogP contribution in [0.1, 0.15) is 45.6 Å². The normalized spacial score (nSPS) is 17.8. The van der Waals surface area contributed by atoms with E-state index in [2.05, 4.69) is 22.3 Å². The van der Waals surface area contributed by atoms with Crippen LogP contribution < -0.4 is 0 Å². The van der Waals surface area contributed by atoms with Crippen molar-refractivity contribution in [2.75, 3.05) is 17.3 Å². The Morgan fingerprint density at radius 1 is 1.16 bits per heavy atom. The predicted molar refractivity (Wildman–Crippen MR) is 122 cm³/mol. The second kappa shape index (κ2) is 8.63. The predicted octanol–water partition coefficient (Wildman–Crippen LogP) is 3.39. The molecule has 1 aliphatic rings. The minimum absolute atomic E-state index is 0.0112. The van der Waals surface area contributed by atoms with Crippen molar-refractivity contribution in [1.82, 2.24) is 19.3 Å². The van der Waals surface area contributed by atoms with E-state index in [4.69, 9.17) is 0 Å². The molecule has 31 heavy (non-hydrogen) atoms. The van der Waals surface area contributed by atoms with Crippen molar-refractivity contribution < 1.29 is 13.2 Å². The Kier molecular flexibility index (Phi) is 6.07. The molecule has 0 amide bonds. The fourth-order valence-corrected chi connectivity index (χ4v) is 6.79. The van der Waals surface area contributed by atoms with Gasteiger partial charge in [0.15, 0.2) is 20.8 Å². The van der Waals surface area contributed by atoms with Gasteiger partial charge in [0.1, 0.15) is 5.82 Å². The summed E-state index contributed by atoms with van der Waals surface area (Å²) in [5.41, 5.74) is 3.57. The molecule has 3 aromatic rings. The van der Waals surface area contributed by atoms with Gasteiger partial charge in [-0.15, -0.1) is 10.2 Å². The number of aromatic nitrogens is 4. The second-order valence-electron chi connectivity index (χ2n) is 8.03. The Morgan fingerprint density at radius 3 is 2.58 bits per heavy atom. The van der Waals surface area contributed by atoms with Crippen molar-refractivity contribution in [3.63, 3.8) is 0 Å². The summed E-state index contributed by atoms with van der Waals surface area (Å²) in [6.45, 7) is 6.39. The maximum atomic E-state index is 13.0. The minimum atomic E-state index is -2.99. The fraction of sp³-hybridized carbons (Fsp3) is 0.409. The molecule has 0 bridgehead atoms. The zero-order valence-corrected chi connectivity index (χ0v) is 19.5. The molecule has 4 rings (SSSR count). The topological polar surface area (TPSA) is 86.8 Å². The lowest BCUT2D eigenvalue weighted by molar-refractivity contribution is 0.102. The fourth-order valence-electron chi connectivity index (χ4n) is 4.22. The number of sulfone groups is 1. The number of benzene rings is 1. The highest BCUT2D eigenvalue weighted by Gasteiger charge is 2.31. The van der Waals surface area contributed by atoms with Crippen LogP contribution in [0.5, 0.6) is 0 Å². The molecule has 0 N–H and O–H groups in total. The molecule has 0 spiro atoms. The van der Waals surface area contributed by atoms with Crippen LogP contribution in [0.4, 0.5) is 0 Å². The molecule has 3 heterocycles. The lowest BCUT2D eigenvalue weighted by Gasteiger charge is -2.16. The summed E-state index contributed by atoms with van der Waals surface area (Å²) in [5, 5.41) is 9.15. The smallest absolute Gasteiger partial charge is 0.191 e. The molecule has 0 radical (unpaired) electrons. The molecule has 2 aromatic heterocycles. The van der Waals surface area contributed by atoms with E-state index in [1.54, 1.807) is 0 Å². The zero-order chi connectivity index (χ0) is 22.2. The number of nitrogens with zero attached hydrogens (tertiary/aromatic N) is 4. The Bertz CT molecular complexity index is 1210. The van der Waals surface area contributed by atoms with Gasteiger partial charge in [-0.2, -0.15) is 0 Å². The average molecular weight is 459 g/mol. The highest BCUT2D eigenvalue weighted by molar-refractivity contribution is 7.99. The van der Waals surface area contributed by atoms with Gasteiger partial charge in [-0.25, -0.2) is 8.42 Å². The number of thioether (sulfide) groups is 1. The molecule has 164 valence electrons. The molecule has 1 saturated heterocycles. The number of hydrogen-bond donors (Lipinski definition) is 0. The monoisotopic (exact) mass is 458 g/mol. The number of rotatable bonds is 7. The third kappa shape index (κ3) is 4.62. The van der Waals surface area contributed by atoms with Crippen LogP contribution in [-0.2, 0) is 16.4 Å². The van der Waals surface area contributed by atoms with Gasteiger partial charge < -0.3 is 9.13 Å². The van der Waals surface area contributed by atoms with Crippen molar-refractivity contribution in [3.8, 4) is 0 Å². The molecular formula is C22H26N4O3S2. The first kappa shape index (κ1) is 21.8. The van der Waals surface area contributed by atoms with E-state index in [0.717, 1.165) is 22.8 Å². The maximum Gasteiger partial charge on any atom is 0.191 e. The lowest BCUT2D eigenvalue weighted by Crippen LogP contribution is -2.14. The van der Waals surface area contributed by atoms with Gasteiger partial charge in [-0.05, 0) is 38.8 Å². The van der Waals surface area contributed by atoms with Gasteiger partial charge >= 0.3 is 0 Å². The zero-order valence-electron chi connectivity index (χ0n) is 17.9. The standard InChI is InChI=1S/C22H26N4O3S2/c1-15-11-20(16(2)26(15)19-9-10-31(28,29)14-19)21(27)13-30-22-24-23-17(3)25(22)12-18-7-5-4-6-8-18/h4-8,11,19H,9-10,12-14H2,1-3H3. The SMILES string of the molecule is Cc1nnc(SCC(=O)c2cc(C)n(C3CCS(=O)(=O)C3)c2C)n1Cc1ccccc1. The van der Waals surface area contributed by atoms with Gasteiger partial charge in [0, 0.05) is 23.0 Å². The maximum absolute atomic E-state index is 13.0. The Balaban J connectivity index is 1.49. The molecule has 1 aromatic carbocycles. The molecule has 1 aliphatic heterocycles. The summed E-state index contributed by atoms with van der Waals surface area (Å²) in [7, 11) is -2.99. The van der Waals surface area contributed by atoms with Crippen LogP contribution in [0.2, 0.25) is 0 Å². The minimum Gasteiger partial charge on any atom is -0.344 e. The second-order valence-corrected chi connectivity index (χ2v) is 11.2. The molecular weight excluding hydrogens is 432 g/mol. The number of aryl methyl sites for hydroxylation is 2. The summed E-state index contributed by atoms with van der Waals surface area (Å²) >= 11 is 1.38. The van der Waals surface area contributed by atoms with E-state index >= 15 is 0 Å². The van der Waals surface area contributed by atoms with E-state index in [0.29, 0.717) is 23.7 Å². The molecule has 9 heteroatoms. The van der Waals surface area contributed by atoms with Gasteiger partial charge in [0.25, 0.3) is 0 Å². The van der Waals surface area contributed by atoms with E-state index in [9.17, 15) is 13.2 Å². The molecule has 1 fully saturated rings. The van der Waals surface area contributed by atoms with Crippen LogP contribution in [0.15, 0.2) is 41.6 Å². The molecule has 0 aliphatic carbocycles. The van der Waals surface area contributed by atoms with Gasteiger partial charge in [0.05, 0.1) is 23.8 Å². The van der Waals surface area contributed by atoms with Crippen molar-refractivity contribution >= 4 is 27.4 Å². The summed E-state index contributed by atoms with van der Waals surface area (Å²) in [4.78, 5) is 13.0. The summed E-state index contributed by atoms with van der Waals surface area (Å²) < 4.78 is 27.8. The van der Waals surface area contributed by atoms with Crippen molar-refractivity contribution in [2.45, 2.75) is 44.9 Å². The quantitative estimate of drug-likeness (QED) is 0.398. The van der Waals surface area contributed by atoms with Gasteiger partial charge in [-0.3, -0.25) is 4.79 Å². The number of hydrogen-bond acceptors (Lipinski definition) is 6. The van der Waals surface area contributed by atoms with Crippen LogP contribution in [0, 0.1) is 20.8 Å².